The molecule has 1 aromatic heterocycles. The normalized spacial score (nSPS) is 34.8. The van der Waals surface area contributed by atoms with Gasteiger partial charge < -0.3 is 18.8 Å². The first-order valence-corrected chi connectivity index (χ1v) is 14.1. The van der Waals surface area contributed by atoms with Gasteiger partial charge in [0.05, 0.1) is 19.5 Å². The van der Waals surface area contributed by atoms with Gasteiger partial charge in [0.1, 0.15) is 18.5 Å². The van der Waals surface area contributed by atoms with Gasteiger partial charge in [-0.05, 0) is 91.5 Å². The molecule has 0 spiro atoms. The number of ether oxygens (including phenoxy) is 3. The van der Waals surface area contributed by atoms with Gasteiger partial charge in [-0.25, -0.2) is 4.98 Å². The number of nitrogens with zero attached hydrogens (tertiary/aromatic N) is 2. The van der Waals surface area contributed by atoms with Crippen molar-refractivity contribution in [2.45, 2.75) is 62.4 Å². The zero-order valence-electron chi connectivity index (χ0n) is 20.5. The Hall–Kier alpha value is -2.15. The monoisotopic (exact) mass is 548 g/mol. The Bertz CT molecular complexity index is 1160. The molecule has 0 amide bonds. The largest absolute Gasteiger partial charge is 0.491 e. The van der Waals surface area contributed by atoms with Crippen molar-refractivity contribution in [3.05, 3.63) is 82.9 Å². The highest BCUT2D eigenvalue weighted by Gasteiger charge is 2.51. The Balaban J connectivity index is 1.03. The number of hydrogen-bond donors (Lipinski definition) is 0. The number of halogens is 1. The molecule has 4 bridgehead atoms. The summed E-state index contributed by atoms with van der Waals surface area (Å²) in [7, 11) is 0. The molecule has 1 saturated heterocycles. The number of aromatic nitrogens is 2. The summed E-state index contributed by atoms with van der Waals surface area (Å²) in [6.45, 7) is 1.47. The molecule has 3 aromatic rings. The maximum atomic E-state index is 6.55. The summed E-state index contributed by atoms with van der Waals surface area (Å²) in [5, 5.41) is 0. The lowest BCUT2D eigenvalue weighted by molar-refractivity contribution is -0.189. The first-order valence-electron chi connectivity index (χ1n) is 13.3. The Morgan fingerprint density at radius 3 is 2.22 bits per heavy atom. The van der Waals surface area contributed by atoms with Crippen molar-refractivity contribution >= 4 is 15.9 Å². The molecule has 36 heavy (non-hydrogen) atoms. The molecule has 2 heterocycles. The fourth-order valence-corrected chi connectivity index (χ4v) is 8.12. The van der Waals surface area contributed by atoms with E-state index in [1.54, 1.807) is 12.5 Å². The summed E-state index contributed by atoms with van der Waals surface area (Å²) < 4.78 is 22.1. The molecule has 2 atom stereocenters. The minimum atomic E-state index is -0.863. The fourth-order valence-electron chi connectivity index (χ4n) is 7.86. The standard InChI is InChI=1S/C30H33BrN2O3/c31-26-5-1-25(2-6-26)30(19-33-10-9-32-20-33)35-18-28(36-30)17-34-27-7-3-24(4-8-27)29-14-21-11-22(15-29)13-23(12-21)16-29/h1-10,20-23,28H,11-19H2. The van der Waals surface area contributed by atoms with Gasteiger partial charge >= 0.3 is 0 Å². The Labute approximate surface area is 221 Å². The lowest BCUT2D eigenvalue weighted by Gasteiger charge is -2.57. The maximum Gasteiger partial charge on any atom is 0.214 e. The highest BCUT2D eigenvalue weighted by Crippen LogP contribution is 2.60. The van der Waals surface area contributed by atoms with Crippen LogP contribution in [0.4, 0.5) is 0 Å². The molecule has 6 heteroatoms. The summed E-state index contributed by atoms with van der Waals surface area (Å²) in [5.41, 5.74) is 2.94. The number of hydrogen-bond acceptors (Lipinski definition) is 4. The average Bonchev–Trinajstić information content (AvgIpc) is 3.53. The van der Waals surface area contributed by atoms with Crippen LogP contribution in [-0.2, 0) is 27.2 Å². The molecule has 4 aliphatic carbocycles. The van der Waals surface area contributed by atoms with Crippen LogP contribution in [0.3, 0.4) is 0 Å². The average molecular weight is 550 g/mol. The quantitative estimate of drug-likeness (QED) is 0.339. The topological polar surface area (TPSA) is 45.5 Å². The van der Waals surface area contributed by atoms with Crippen LogP contribution in [0.5, 0.6) is 5.75 Å². The van der Waals surface area contributed by atoms with E-state index in [0.717, 1.165) is 33.5 Å². The minimum Gasteiger partial charge on any atom is -0.491 e. The summed E-state index contributed by atoms with van der Waals surface area (Å²) in [5.74, 6) is 2.92. The second-order valence-corrected chi connectivity index (χ2v) is 12.5. The zero-order chi connectivity index (χ0) is 24.2. The molecule has 2 aromatic carbocycles. The van der Waals surface area contributed by atoms with Gasteiger partial charge in [0, 0.05) is 22.4 Å². The molecule has 1 aliphatic heterocycles. The van der Waals surface area contributed by atoms with Crippen molar-refractivity contribution in [1.29, 1.82) is 0 Å². The predicted molar refractivity (Wildman–Crippen MR) is 141 cm³/mol. The molecule has 5 nitrogen and oxygen atoms in total. The van der Waals surface area contributed by atoms with Crippen LogP contribution in [0.15, 0.2) is 71.7 Å². The lowest BCUT2D eigenvalue weighted by atomic mass is 9.48. The third-order valence-corrected chi connectivity index (χ3v) is 9.56. The van der Waals surface area contributed by atoms with Crippen LogP contribution in [0, 0.1) is 17.8 Å². The molecule has 0 N–H and O–H groups in total. The summed E-state index contributed by atoms with van der Waals surface area (Å²) in [6.07, 6.45) is 14.0. The van der Waals surface area contributed by atoms with Crippen molar-refractivity contribution in [1.82, 2.24) is 9.55 Å². The number of imidazole rings is 1. The minimum absolute atomic E-state index is 0.153. The van der Waals surface area contributed by atoms with E-state index >= 15 is 0 Å². The lowest BCUT2D eigenvalue weighted by Crippen LogP contribution is -2.48. The summed E-state index contributed by atoms with van der Waals surface area (Å²) in [4.78, 5) is 4.18. The number of rotatable bonds is 7. The van der Waals surface area contributed by atoms with Crippen molar-refractivity contribution < 1.29 is 14.2 Å². The van der Waals surface area contributed by atoms with E-state index in [0.29, 0.717) is 25.2 Å². The summed E-state index contributed by atoms with van der Waals surface area (Å²) >= 11 is 3.53. The SMILES string of the molecule is Brc1ccc(C2(Cn3ccnc3)OCC(COc3ccc(C45CC6CC(CC(C6)C4)C5)cc3)O2)cc1. The second kappa shape index (κ2) is 9.00. The second-order valence-electron chi connectivity index (χ2n) is 11.6. The van der Waals surface area contributed by atoms with Crippen LogP contribution >= 0.6 is 15.9 Å². The van der Waals surface area contributed by atoms with E-state index in [2.05, 4.69) is 45.2 Å². The van der Waals surface area contributed by atoms with Crippen molar-refractivity contribution in [3.63, 3.8) is 0 Å². The molecule has 5 fully saturated rings. The van der Waals surface area contributed by atoms with Gasteiger partial charge in [-0.15, -0.1) is 0 Å². The molecule has 188 valence electrons. The Morgan fingerprint density at radius 1 is 0.917 bits per heavy atom. The first-order chi connectivity index (χ1) is 17.6. The van der Waals surface area contributed by atoms with E-state index in [-0.39, 0.29) is 6.10 Å². The van der Waals surface area contributed by atoms with Gasteiger partial charge in [0.2, 0.25) is 5.79 Å². The van der Waals surface area contributed by atoms with Gasteiger partial charge in [-0.1, -0.05) is 40.2 Å². The van der Waals surface area contributed by atoms with Crippen molar-refractivity contribution in [2.75, 3.05) is 13.2 Å². The van der Waals surface area contributed by atoms with Crippen LogP contribution in [0.25, 0.3) is 0 Å². The third-order valence-electron chi connectivity index (χ3n) is 9.03. The van der Waals surface area contributed by atoms with Gasteiger partial charge in [-0.3, -0.25) is 0 Å². The third kappa shape index (κ3) is 4.21. The van der Waals surface area contributed by atoms with Gasteiger partial charge in [0.25, 0.3) is 0 Å². The Kier molecular flexibility index (Phi) is 5.75. The van der Waals surface area contributed by atoms with E-state index in [4.69, 9.17) is 14.2 Å². The molecule has 5 aliphatic rings. The molecule has 2 unspecified atom stereocenters. The van der Waals surface area contributed by atoms with Crippen LogP contribution in [0.2, 0.25) is 0 Å². The van der Waals surface area contributed by atoms with Gasteiger partial charge in [0.15, 0.2) is 0 Å². The van der Waals surface area contributed by atoms with Crippen LogP contribution in [0.1, 0.15) is 49.7 Å². The van der Waals surface area contributed by atoms with E-state index in [9.17, 15) is 0 Å². The highest BCUT2D eigenvalue weighted by molar-refractivity contribution is 9.10. The van der Waals surface area contributed by atoms with Crippen LogP contribution < -0.4 is 4.74 Å². The first kappa shape index (κ1) is 23.0. The fraction of sp³-hybridized carbons (Fsp3) is 0.500. The van der Waals surface area contributed by atoms with Crippen LogP contribution in [-0.4, -0.2) is 28.9 Å². The summed E-state index contributed by atoms with van der Waals surface area (Å²) in [6, 6.07) is 17.1. The molecule has 0 radical (unpaired) electrons. The van der Waals surface area contributed by atoms with E-state index < -0.39 is 5.79 Å². The van der Waals surface area contributed by atoms with Crippen molar-refractivity contribution in [2.24, 2.45) is 17.8 Å². The molecular formula is C30H33BrN2O3. The maximum absolute atomic E-state index is 6.55. The van der Waals surface area contributed by atoms with E-state index in [1.807, 2.05) is 35.0 Å². The Morgan fingerprint density at radius 2 is 1.58 bits per heavy atom. The van der Waals surface area contributed by atoms with E-state index in [1.165, 1.54) is 44.1 Å². The molecular weight excluding hydrogens is 516 g/mol. The highest BCUT2D eigenvalue weighted by atomic mass is 79.9. The predicted octanol–water partition coefficient (Wildman–Crippen LogP) is 6.46. The molecule has 8 rings (SSSR count). The number of benzene rings is 2. The smallest absolute Gasteiger partial charge is 0.214 e. The van der Waals surface area contributed by atoms with Crippen molar-refractivity contribution in [3.8, 4) is 5.75 Å². The molecule has 4 saturated carbocycles. The zero-order valence-corrected chi connectivity index (χ0v) is 22.1. The van der Waals surface area contributed by atoms with Gasteiger partial charge in [-0.2, -0.15) is 0 Å².